The molecule has 0 amide bonds. The van der Waals surface area contributed by atoms with Crippen LogP contribution in [0.25, 0.3) is 0 Å². The molecular weight excluding hydrogens is 228 g/mol. The molecule has 12 heavy (non-hydrogen) atoms. The van der Waals surface area contributed by atoms with E-state index in [4.69, 9.17) is 0 Å². The van der Waals surface area contributed by atoms with Crippen molar-refractivity contribution in [2.45, 2.75) is 20.3 Å². The van der Waals surface area contributed by atoms with Crippen molar-refractivity contribution in [1.29, 1.82) is 0 Å². The number of Topliss-reactive ketones (excluding diaryl/α,β-unsaturated/α-hetero) is 2. The van der Waals surface area contributed by atoms with Crippen LogP contribution in [0.1, 0.15) is 20.3 Å². The van der Waals surface area contributed by atoms with Gasteiger partial charge in [-0.2, -0.15) is 0 Å². The van der Waals surface area contributed by atoms with Crippen molar-refractivity contribution in [2.75, 3.05) is 0 Å². The first-order valence-electron chi connectivity index (χ1n) is 3.40. The van der Waals surface area contributed by atoms with E-state index in [0.717, 1.165) is 0 Å². The van der Waals surface area contributed by atoms with Gasteiger partial charge in [0.2, 0.25) is 0 Å². The number of rotatable bonds is 4. The second-order valence-corrected chi connectivity index (χ2v) is 2.58. The molecule has 0 saturated heterocycles. The van der Waals surface area contributed by atoms with Gasteiger partial charge in [-0.05, 0) is 6.92 Å². The molecule has 0 saturated carbocycles. The first-order chi connectivity index (χ1) is 5.54. The zero-order chi connectivity index (χ0) is 9.72. The molecule has 0 N–H and O–H groups in total. The minimum Gasteiger partial charge on any atom is -0.383 e. The number of halogens is 1. The van der Waals surface area contributed by atoms with Gasteiger partial charge in [-0.1, -0.05) is 6.92 Å². The van der Waals surface area contributed by atoms with Gasteiger partial charge in [0, 0.05) is 6.42 Å². The summed E-state index contributed by atoms with van der Waals surface area (Å²) < 4.78 is 4.13. The molecule has 0 aliphatic heterocycles. The Bertz CT molecular complexity index is 195. The van der Waals surface area contributed by atoms with Gasteiger partial charge < -0.3 is 3.83 Å². The molecule has 0 spiro atoms. The van der Waals surface area contributed by atoms with Gasteiger partial charge in [0.25, 0.3) is 0 Å². The highest BCUT2D eigenvalue weighted by atomic mass is 79.9. The number of carbonyl (C=O) groups is 3. The molecule has 0 bridgehead atoms. The van der Waals surface area contributed by atoms with E-state index in [-0.39, 0.29) is 6.42 Å². The van der Waals surface area contributed by atoms with Crippen molar-refractivity contribution < 1.29 is 18.2 Å². The molecule has 0 fully saturated rings. The Morgan fingerprint density at radius 1 is 1.42 bits per heavy atom. The van der Waals surface area contributed by atoms with E-state index in [1.807, 2.05) is 0 Å². The Balaban J connectivity index is 4.55. The topological polar surface area (TPSA) is 60.4 Å². The van der Waals surface area contributed by atoms with Gasteiger partial charge in [0.05, 0.1) is 0 Å². The minimum absolute atomic E-state index is 0.145. The van der Waals surface area contributed by atoms with E-state index in [9.17, 15) is 14.4 Å². The lowest BCUT2D eigenvalue weighted by molar-refractivity contribution is -0.146. The van der Waals surface area contributed by atoms with Crippen molar-refractivity contribution in [3.63, 3.8) is 0 Å². The van der Waals surface area contributed by atoms with E-state index >= 15 is 0 Å². The average molecular weight is 237 g/mol. The summed E-state index contributed by atoms with van der Waals surface area (Å²) in [7, 11) is 0. The fourth-order valence-corrected chi connectivity index (χ4v) is 0.960. The van der Waals surface area contributed by atoms with Crippen molar-refractivity contribution >= 4 is 33.8 Å². The van der Waals surface area contributed by atoms with E-state index in [1.54, 1.807) is 6.92 Å². The summed E-state index contributed by atoms with van der Waals surface area (Å²) in [4.78, 5) is 32.7. The van der Waals surface area contributed by atoms with Gasteiger partial charge in [-0.25, -0.2) is 4.79 Å². The Hall–Kier alpha value is -0.710. The van der Waals surface area contributed by atoms with Crippen LogP contribution in [0.5, 0.6) is 0 Å². The predicted octanol–water partition coefficient (Wildman–Crippen LogP) is 1.02. The molecule has 0 rings (SSSR count). The van der Waals surface area contributed by atoms with Crippen LogP contribution >= 0.6 is 16.3 Å². The van der Waals surface area contributed by atoms with Crippen molar-refractivity contribution in [1.82, 2.24) is 0 Å². The molecule has 5 heteroatoms. The fraction of sp³-hybridized carbons (Fsp3) is 0.571. The average Bonchev–Trinajstić information content (AvgIpc) is 2.03. The van der Waals surface area contributed by atoms with Crippen LogP contribution in [-0.4, -0.2) is 17.5 Å². The molecule has 0 aliphatic carbocycles. The molecule has 1 atom stereocenters. The largest absolute Gasteiger partial charge is 0.383 e. The molecule has 0 aromatic rings. The molecule has 68 valence electrons. The molecule has 0 heterocycles. The maximum absolute atomic E-state index is 11.0. The fourth-order valence-electron chi connectivity index (χ4n) is 0.773. The second-order valence-electron chi connectivity index (χ2n) is 2.26. The molecule has 0 radical (unpaired) electrons. The number of hydrogen-bond donors (Lipinski definition) is 0. The van der Waals surface area contributed by atoms with Crippen LogP contribution in [0.3, 0.4) is 0 Å². The summed E-state index contributed by atoms with van der Waals surface area (Å²) in [6.07, 6.45) is 0.145. The van der Waals surface area contributed by atoms with E-state index in [1.165, 1.54) is 6.92 Å². The summed E-state index contributed by atoms with van der Waals surface area (Å²) in [5, 5.41) is 0. The Morgan fingerprint density at radius 2 is 1.92 bits per heavy atom. The Morgan fingerprint density at radius 3 is 2.17 bits per heavy atom. The zero-order valence-electron chi connectivity index (χ0n) is 6.80. The van der Waals surface area contributed by atoms with Crippen LogP contribution in [0, 0.1) is 5.92 Å². The molecule has 0 aromatic heterocycles. The molecular formula is C7H9BrO4. The minimum atomic E-state index is -1.27. The van der Waals surface area contributed by atoms with E-state index < -0.39 is 23.5 Å². The van der Waals surface area contributed by atoms with Crippen LogP contribution in [0.2, 0.25) is 0 Å². The third-order valence-electron chi connectivity index (χ3n) is 1.39. The van der Waals surface area contributed by atoms with Gasteiger partial charge in [0.15, 0.2) is 33.7 Å². The SMILES string of the molecule is CCC(=O)C(C(C)=O)C(=O)OBr. The lowest BCUT2D eigenvalue weighted by atomic mass is 9.99. The van der Waals surface area contributed by atoms with Crippen molar-refractivity contribution in [2.24, 2.45) is 5.92 Å². The smallest absolute Gasteiger partial charge is 0.335 e. The second kappa shape index (κ2) is 5.03. The van der Waals surface area contributed by atoms with E-state index in [0.29, 0.717) is 0 Å². The molecule has 0 aliphatic rings. The molecule has 4 nitrogen and oxygen atoms in total. The molecule has 1 unspecified atom stereocenters. The van der Waals surface area contributed by atoms with Gasteiger partial charge in [0.1, 0.15) is 0 Å². The Labute approximate surface area is 78.7 Å². The zero-order valence-corrected chi connectivity index (χ0v) is 8.38. The first kappa shape index (κ1) is 11.3. The number of ketones is 2. The van der Waals surface area contributed by atoms with Gasteiger partial charge >= 0.3 is 5.97 Å². The van der Waals surface area contributed by atoms with Crippen LogP contribution in [0.15, 0.2) is 0 Å². The summed E-state index contributed by atoms with van der Waals surface area (Å²) >= 11 is 2.43. The summed E-state index contributed by atoms with van der Waals surface area (Å²) in [5.41, 5.74) is 0. The standard InChI is InChI=1S/C7H9BrO4/c1-3-5(10)6(4(2)9)7(11)12-8/h6H,3H2,1-2H3. The quantitative estimate of drug-likeness (QED) is 0.685. The maximum Gasteiger partial charge on any atom is 0.335 e. The van der Waals surface area contributed by atoms with Crippen molar-refractivity contribution in [3.05, 3.63) is 0 Å². The number of hydrogen-bond acceptors (Lipinski definition) is 4. The van der Waals surface area contributed by atoms with Gasteiger partial charge in [-0.3, -0.25) is 9.59 Å². The lowest BCUT2D eigenvalue weighted by Gasteiger charge is -2.06. The highest BCUT2D eigenvalue weighted by Gasteiger charge is 2.30. The van der Waals surface area contributed by atoms with Crippen LogP contribution in [0.4, 0.5) is 0 Å². The Kier molecular flexibility index (Phi) is 4.73. The monoisotopic (exact) mass is 236 g/mol. The van der Waals surface area contributed by atoms with Crippen molar-refractivity contribution in [3.8, 4) is 0 Å². The van der Waals surface area contributed by atoms with Crippen LogP contribution < -0.4 is 0 Å². The van der Waals surface area contributed by atoms with Gasteiger partial charge in [-0.15, -0.1) is 0 Å². The molecule has 0 aromatic carbocycles. The summed E-state index contributed by atoms with van der Waals surface area (Å²) in [5.74, 6) is -3.04. The highest BCUT2D eigenvalue weighted by molar-refractivity contribution is 9.06. The normalized spacial score (nSPS) is 11.9. The van der Waals surface area contributed by atoms with E-state index in [2.05, 4.69) is 20.1 Å². The maximum atomic E-state index is 11.0. The summed E-state index contributed by atoms with van der Waals surface area (Å²) in [6.45, 7) is 2.77. The van der Waals surface area contributed by atoms with Crippen LogP contribution in [-0.2, 0) is 18.2 Å². The number of carbonyl (C=O) groups excluding carboxylic acids is 3. The summed E-state index contributed by atoms with van der Waals surface area (Å²) in [6, 6.07) is 0. The lowest BCUT2D eigenvalue weighted by Crippen LogP contribution is -2.29. The third kappa shape index (κ3) is 2.73. The third-order valence-corrected chi connectivity index (χ3v) is 1.71. The highest BCUT2D eigenvalue weighted by Crippen LogP contribution is 2.07. The first-order valence-corrected chi connectivity index (χ1v) is 4.04. The predicted molar refractivity (Wildman–Crippen MR) is 44.5 cm³/mol.